The van der Waals surface area contributed by atoms with Gasteiger partial charge < -0.3 is 10.1 Å². The van der Waals surface area contributed by atoms with Gasteiger partial charge in [0.1, 0.15) is 0 Å². The zero-order valence-corrected chi connectivity index (χ0v) is 14.7. The number of nitrogens with zero attached hydrogens (tertiary/aromatic N) is 2. The molecule has 2 saturated heterocycles. The molecule has 2 fully saturated rings. The highest BCUT2D eigenvalue weighted by atomic mass is 16.5. The molecule has 0 unspecified atom stereocenters. The Morgan fingerprint density at radius 2 is 2.16 bits per heavy atom. The summed E-state index contributed by atoms with van der Waals surface area (Å²) in [7, 11) is 0. The predicted octanol–water partition coefficient (Wildman–Crippen LogP) is 1.64. The van der Waals surface area contributed by atoms with Crippen LogP contribution in [0.3, 0.4) is 0 Å². The van der Waals surface area contributed by atoms with Crippen molar-refractivity contribution in [3.63, 3.8) is 0 Å². The van der Waals surface area contributed by atoms with Crippen LogP contribution in [0.2, 0.25) is 0 Å². The maximum atomic E-state index is 12.2. The van der Waals surface area contributed by atoms with Crippen molar-refractivity contribution >= 4 is 5.91 Å². The van der Waals surface area contributed by atoms with Crippen molar-refractivity contribution in [3.05, 3.63) is 41.1 Å². The molecule has 6 heteroatoms. The number of hydrogen-bond acceptors (Lipinski definition) is 4. The van der Waals surface area contributed by atoms with E-state index in [1.54, 1.807) is 0 Å². The molecule has 0 spiro atoms. The first-order valence-corrected chi connectivity index (χ1v) is 8.80. The van der Waals surface area contributed by atoms with Gasteiger partial charge >= 0.3 is 0 Å². The van der Waals surface area contributed by atoms with Crippen molar-refractivity contribution in [2.75, 3.05) is 26.3 Å². The van der Waals surface area contributed by atoms with E-state index in [1.807, 2.05) is 6.20 Å². The number of carbonyl (C=O) groups excluding carboxylic acids is 1. The van der Waals surface area contributed by atoms with Crippen LogP contribution in [0.1, 0.15) is 16.7 Å². The number of rotatable bonds is 3. The van der Waals surface area contributed by atoms with Crippen LogP contribution >= 0.6 is 0 Å². The third-order valence-electron chi connectivity index (χ3n) is 5.09. The van der Waals surface area contributed by atoms with Crippen LogP contribution in [-0.2, 0) is 16.1 Å². The summed E-state index contributed by atoms with van der Waals surface area (Å²) >= 11 is 0. The highest BCUT2D eigenvalue weighted by Gasteiger charge is 2.33. The lowest BCUT2D eigenvalue weighted by Crippen LogP contribution is -2.41. The van der Waals surface area contributed by atoms with Gasteiger partial charge in [-0.15, -0.1) is 0 Å². The molecule has 2 bridgehead atoms. The number of aromatic amines is 1. The fourth-order valence-electron chi connectivity index (χ4n) is 3.76. The van der Waals surface area contributed by atoms with Gasteiger partial charge in [-0.05, 0) is 25.5 Å². The standard InChI is InChI=1S/C19H24N4O2/c1-12-3-4-13(2)17(5-12)18-14(6-20-22-18)7-23-8-15-10-25-11-16(9-23)21-19(15)24/h3-6,15-16H,7-11H2,1-2H3,(H,20,22)(H,21,24)/t15-,16+/m1/s1. The van der Waals surface area contributed by atoms with Crippen LogP contribution in [-0.4, -0.2) is 53.3 Å². The molecule has 4 rings (SSSR count). The van der Waals surface area contributed by atoms with Gasteiger partial charge in [-0.2, -0.15) is 5.10 Å². The average Bonchev–Trinajstić information content (AvgIpc) is 2.87. The average molecular weight is 340 g/mol. The number of aryl methyl sites for hydroxylation is 2. The van der Waals surface area contributed by atoms with Crippen molar-refractivity contribution in [2.24, 2.45) is 5.92 Å². The van der Waals surface area contributed by atoms with Gasteiger partial charge in [0.25, 0.3) is 0 Å². The van der Waals surface area contributed by atoms with E-state index in [9.17, 15) is 4.79 Å². The number of hydrogen-bond donors (Lipinski definition) is 2. The second-order valence-electron chi connectivity index (χ2n) is 7.22. The van der Waals surface area contributed by atoms with Gasteiger partial charge in [-0.25, -0.2) is 0 Å². The maximum absolute atomic E-state index is 12.2. The van der Waals surface area contributed by atoms with E-state index >= 15 is 0 Å². The summed E-state index contributed by atoms with van der Waals surface area (Å²) in [6, 6.07) is 6.53. The lowest BCUT2D eigenvalue weighted by Gasteiger charge is -2.27. The summed E-state index contributed by atoms with van der Waals surface area (Å²) in [5.41, 5.74) is 5.90. The third kappa shape index (κ3) is 3.32. The van der Waals surface area contributed by atoms with E-state index in [0.717, 1.165) is 25.3 Å². The van der Waals surface area contributed by atoms with Gasteiger partial charge in [0.05, 0.1) is 37.1 Å². The smallest absolute Gasteiger partial charge is 0.227 e. The number of carbonyl (C=O) groups is 1. The SMILES string of the molecule is Cc1ccc(C)c(-c2[nH]ncc2CN2C[C@H]3COC[C@@H](C2)C(=O)N3)c1. The predicted molar refractivity (Wildman–Crippen MR) is 95.0 cm³/mol. The Morgan fingerprint density at radius 1 is 1.28 bits per heavy atom. The molecule has 25 heavy (non-hydrogen) atoms. The van der Waals surface area contributed by atoms with Gasteiger partial charge in [0.2, 0.25) is 5.91 Å². The highest BCUT2D eigenvalue weighted by molar-refractivity contribution is 5.80. The lowest BCUT2D eigenvalue weighted by molar-refractivity contribution is -0.125. The number of nitrogens with one attached hydrogen (secondary N) is 2. The molecule has 6 nitrogen and oxygen atoms in total. The number of benzene rings is 1. The zero-order chi connectivity index (χ0) is 17.4. The number of H-pyrrole nitrogens is 1. The third-order valence-corrected chi connectivity index (χ3v) is 5.09. The van der Waals surface area contributed by atoms with Crippen LogP contribution in [0.25, 0.3) is 11.3 Å². The minimum Gasteiger partial charge on any atom is -0.378 e. The number of fused-ring (bicyclic) bond motifs is 3. The molecule has 132 valence electrons. The fourth-order valence-corrected chi connectivity index (χ4v) is 3.76. The zero-order valence-electron chi connectivity index (χ0n) is 14.7. The van der Waals surface area contributed by atoms with Gasteiger partial charge in [-0.3, -0.25) is 14.8 Å². The molecule has 0 saturated carbocycles. The van der Waals surface area contributed by atoms with E-state index in [4.69, 9.17) is 4.74 Å². The van der Waals surface area contributed by atoms with Gasteiger partial charge in [0, 0.05) is 30.8 Å². The van der Waals surface area contributed by atoms with Crippen LogP contribution in [0.5, 0.6) is 0 Å². The van der Waals surface area contributed by atoms with Crippen molar-refractivity contribution in [3.8, 4) is 11.3 Å². The molecule has 3 heterocycles. The van der Waals surface area contributed by atoms with Crippen LogP contribution in [0.4, 0.5) is 0 Å². The van der Waals surface area contributed by atoms with E-state index in [2.05, 4.69) is 52.5 Å². The first-order chi connectivity index (χ1) is 12.1. The van der Waals surface area contributed by atoms with Crippen molar-refractivity contribution < 1.29 is 9.53 Å². The second kappa shape index (κ2) is 6.61. The van der Waals surface area contributed by atoms with E-state index < -0.39 is 0 Å². The first-order valence-electron chi connectivity index (χ1n) is 8.80. The van der Waals surface area contributed by atoms with Crippen LogP contribution < -0.4 is 5.32 Å². The Labute approximate surface area is 147 Å². The van der Waals surface area contributed by atoms with Gasteiger partial charge in [-0.1, -0.05) is 17.7 Å². The highest BCUT2D eigenvalue weighted by Crippen LogP contribution is 2.27. The Balaban J connectivity index is 1.59. The normalized spacial score (nSPS) is 24.0. The number of ether oxygens (including phenoxy) is 1. The summed E-state index contributed by atoms with van der Waals surface area (Å²) in [5, 5.41) is 10.5. The van der Waals surface area contributed by atoms with E-state index in [0.29, 0.717) is 13.2 Å². The molecular weight excluding hydrogens is 316 g/mol. The summed E-state index contributed by atoms with van der Waals surface area (Å²) in [6.07, 6.45) is 1.91. The Hall–Kier alpha value is -2.18. The maximum Gasteiger partial charge on any atom is 0.227 e. The molecule has 1 amide bonds. The van der Waals surface area contributed by atoms with E-state index in [-0.39, 0.29) is 17.9 Å². The molecule has 2 aromatic rings. The molecule has 2 atom stereocenters. The van der Waals surface area contributed by atoms with Crippen LogP contribution in [0.15, 0.2) is 24.4 Å². The summed E-state index contributed by atoms with van der Waals surface area (Å²) in [5.74, 6) is 0.0236. The molecule has 2 aliphatic rings. The van der Waals surface area contributed by atoms with E-state index in [1.165, 1.54) is 22.3 Å². The Morgan fingerprint density at radius 3 is 3.04 bits per heavy atom. The minimum atomic E-state index is -0.0939. The van der Waals surface area contributed by atoms with Crippen LogP contribution in [0, 0.1) is 19.8 Å². The molecule has 2 aliphatic heterocycles. The Kier molecular flexibility index (Phi) is 4.31. The lowest BCUT2D eigenvalue weighted by atomic mass is 10.00. The number of amides is 1. The molecule has 2 N–H and O–H groups in total. The minimum absolute atomic E-state index is 0.0658. The second-order valence-corrected chi connectivity index (χ2v) is 7.22. The molecule has 0 aliphatic carbocycles. The molecule has 1 aromatic carbocycles. The summed E-state index contributed by atoms with van der Waals surface area (Å²) < 4.78 is 5.61. The monoisotopic (exact) mass is 340 g/mol. The summed E-state index contributed by atoms with van der Waals surface area (Å²) in [4.78, 5) is 14.5. The number of aromatic nitrogens is 2. The molecule has 0 radical (unpaired) electrons. The fraction of sp³-hybridized carbons (Fsp3) is 0.474. The van der Waals surface area contributed by atoms with Crippen molar-refractivity contribution in [1.82, 2.24) is 20.4 Å². The van der Waals surface area contributed by atoms with Crippen molar-refractivity contribution in [2.45, 2.75) is 26.4 Å². The Bertz CT molecular complexity index is 785. The first kappa shape index (κ1) is 16.3. The largest absolute Gasteiger partial charge is 0.378 e. The quantitative estimate of drug-likeness (QED) is 0.891. The topological polar surface area (TPSA) is 70.2 Å². The molecular formula is C19H24N4O2. The summed E-state index contributed by atoms with van der Waals surface area (Å²) in [6.45, 7) is 7.63. The van der Waals surface area contributed by atoms with Gasteiger partial charge in [0.15, 0.2) is 0 Å². The molecule has 1 aromatic heterocycles. The van der Waals surface area contributed by atoms with Crippen molar-refractivity contribution in [1.29, 1.82) is 0 Å².